The highest BCUT2D eigenvalue weighted by molar-refractivity contribution is 5.98. The van der Waals surface area contributed by atoms with Gasteiger partial charge in [0.05, 0.1) is 13.2 Å². The normalized spacial score (nSPS) is 19.2. The lowest BCUT2D eigenvalue weighted by Gasteiger charge is -2.18. The van der Waals surface area contributed by atoms with Gasteiger partial charge in [0.2, 0.25) is 5.91 Å². The molecule has 1 heterocycles. The molecular weight excluding hydrogens is 380 g/mol. The van der Waals surface area contributed by atoms with Crippen LogP contribution in [0.3, 0.4) is 0 Å². The number of hydrogen-bond donors (Lipinski definition) is 1. The van der Waals surface area contributed by atoms with Crippen molar-refractivity contribution >= 4 is 11.8 Å². The minimum atomic E-state index is -0.498. The minimum absolute atomic E-state index is 0.0388. The van der Waals surface area contributed by atoms with Crippen LogP contribution in [0, 0.1) is 0 Å². The molecule has 0 spiro atoms. The number of nitrogens with one attached hydrogen (secondary N) is 1. The zero-order valence-corrected chi connectivity index (χ0v) is 17.3. The number of benzene rings is 2. The molecule has 1 saturated carbocycles. The van der Waals surface area contributed by atoms with E-state index < -0.39 is 6.04 Å². The largest absolute Gasteiger partial charge is 0.493 e. The molecule has 2 aromatic carbocycles. The van der Waals surface area contributed by atoms with Gasteiger partial charge in [-0.15, -0.1) is 0 Å². The molecule has 2 aromatic rings. The third-order valence-corrected chi connectivity index (χ3v) is 5.84. The second-order valence-electron chi connectivity index (χ2n) is 7.95. The Labute approximate surface area is 177 Å². The average Bonchev–Trinajstić information content (AvgIpc) is 3.40. The number of carbonyl (C=O) groups is 2. The molecular formula is C24H28N2O4. The zero-order valence-electron chi connectivity index (χ0n) is 17.3. The van der Waals surface area contributed by atoms with Gasteiger partial charge in [-0.3, -0.25) is 9.59 Å². The molecule has 0 bridgehead atoms. The first kappa shape index (κ1) is 20.3. The quantitative estimate of drug-likeness (QED) is 0.761. The second kappa shape index (κ2) is 9.20. The fraction of sp³-hybridized carbons (Fsp3) is 0.417. The molecule has 6 nitrogen and oxygen atoms in total. The van der Waals surface area contributed by atoms with Crippen molar-refractivity contribution in [1.29, 1.82) is 0 Å². The van der Waals surface area contributed by atoms with Crippen molar-refractivity contribution in [3.05, 3.63) is 59.7 Å². The maximum Gasteiger partial charge on any atom is 0.252 e. The predicted octanol–water partition coefficient (Wildman–Crippen LogP) is 3.55. The summed E-state index contributed by atoms with van der Waals surface area (Å²) < 4.78 is 11.5. The smallest absolute Gasteiger partial charge is 0.252 e. The topological polar surface area (TPSA) is 67.9 Å². The summed E-state index contributed by atoms with van der Waals surface area (Å²) in [6, 6.07) is 14.6. The van der Waals surface area contributed by atoms with E-state index in [4.69, 9.17) is 9.47 Å². The van der Waals surface area contributed by atoms with E-state index in [0.717, 1.165) is 31.2 Å². The Kier molecular flexibility index (Phi) is 6.21. The van der Waals surface area contributed by atoms with Gasteiger partial charge in [-0.05, 0) is 55.9 Å². The van der Waals surface area contributed by atoms with Crippen molar-refractivity contribution in [1.82, 2.24) is 10.2 Å². The molecule has 1 atom stereocenters. The maximum absolute atomic E-state index is 12.8. The summed E-state index contributed by atoms with van der Waals surface area (Å²) in [6.45, 7) is 1.20. The van der Waals surface area contributed by atoms with E-state index >= 15 is 0 Å². The predicted molar refractivity (Wildman–Crippen MR) is 114 cm³/mol. The fourth-order valence-corrected chi connectivity index (χ4v) is 4.17. The van der Waals surface area contributed by atoms with Crippen LogP contribution in [0.2, 0.25) is 0 Å². The van der Waals surface area contributed by atoms with Crippen molar-refractivity contribution in [3.63, 3.8) is 0 Å². The van der Waals surface area contributed by atoms with Gasteiger partial charge >= 0.3 is 0 Å². The van der Waals surface area contributed by atoms with Crippen LogP contribution in [-0.4, -0.2) is 42.5 Å². The van der Waals surface area contributed by atoms with Crippen LogP contribution >= 0.6 is 0 Å². The number of carbonyl (C=O) groups excluding carboxylic acids is 2. The molecule has 2 aliphatic rings. The lowest BCUT2D eigenvalue weighted by molar-refractivity contribution is -0.129. The molecule has 30 heavy (non-hydrogen) atoms. The lowest BCUT2D eigenvalue weighted by Crippen LogP contribution is -2.41. The fourth-order valence-electron chi connectivity index (χ4n) is 4.17. The van der Waals surface area contributed by atoms with Gasteiger partial charge in [0.1, 0.15) is 6.04 Å². The van der Waals surface area contributed by atoms with Gasteiger partial charge in [0, 0.05) is 18.7 Å². The molecule has 1 aliphatic heterocycles. The van der Waals surface area contributed by atoms with Crippen molar-refractivity contribution in [3.8, 4) is 11.5 Å². The SMILES string of the molecule is COc1ccc(C(=O)NC2CCN(Cc3ccccc3)C2=O)cc1OC1CCCC1. The zero-order chi connectivity index (χ0) is 20.9. The van der Waals surface area contributed by atoms with Crippen LogP contribution in [-0.2, 0) is 11.3 Å². The van der Waals surface area contributed by atoms with E-state index in [1.165, 1.54) is 0 Å². The summed E-state index contributed by atoms with van der Waals surface area (Å²) >= 11 is 0. The van der Waals surface area contributed by atoms with Gasteiger partial charge < -0.3 is 19.7 Å². The van der Waals surface area contributed by atoms with Crippen LogP contribution in [0.15, 0.2) is 48.5 Å². The lowest BCUT2D eigenvalue weighted by atomic mass is 10.1. The molecule has 1 aliphatic carbocycles. The third kappa shape index (κ3) is 4.58. The van der Waals surface area contributed by atoms with Gasteiger partial charge in [0.15, 0.2) is 11.5 Å². The van der Waals surface area contributed by atoms with Crippen LogP contribution in [0.4, 0.5) is 0 Å². The number of amides is 2. The Morgan fingerprint density at radius 3 is 2.57 bits per heavy atom. The molecule has 2 fully saturated rings. The van der Waals surface area contributed by atoms with Crippen molar-refractivity contribution < 1.29 is 19.1 Å². The highest BCUT2D eigenvalue weighted by Crippen LogP contribution is 2.32. The Morgan fingerprint density at radius 2 is 1.83 bits per heavy atom. The summed E-state index contributed by atoms with van der Waals surface area (Å²) in [5, 5.41) is 2.89. The number of hydrogen-bond acceptors (Lipinski definition) is 4. The maximum atomic E-state index is 12.8. The van der Waals surface area contributed by atoms with Gasteiger partial charge in [-0.1, -0.05) is 30.3 Å². The van der Waals surface area contributed by atoms with E-state index in [2.05, 4.69) is 5.32 Å². The van der Waals surface area contributed by atoms with E-state index in [1.54, 1.807) is 30.2 Å². The van der Waals surface area contributed by atoms with E-state index in [1.807, 2.05) is 30.3 Å². The Bertz CT molecular complexity index is 893. The molecule has 158 valence electrons. The van der Waals surface area contributed by atoms with Gasteiger partial charge in [-0.2, -0.15) is 0 Å². The molecule has 0 aromatic heterocycles. The first-order chi connectivity index (χ1) is 14.6. The molecule has 0 radical (unpaired) electrons. The average molecular weight is 408 g/mol. The first-order valence-electron chi connectivity index (χ1n) is 10.6. The third-order valence-electron chi connectivity index (χ3n) is 5.84. The molecule has 4 rings (SSSR count). The Balaban J connectivity index is 1.40. The van der Waals surface area contributed by atoms with Crippen LogP contribution in [0.25, 0.3) is 0 Å². The number of nitrogens with zero attached hydrogens (tertiary/aromatic N) is 1. The number of likely N-dealkylation sites (tertiary alicyclic amines) is 1. The first-order valence-corrected chi connectivity index (χ1v) is 10.6. The molecule has 1 unspecified atom stereocenters. The summed E-state index contributed by atoms with van der Waals surface area (Å²) in [4.78, 5) is 27.4. The summed E-state index contributed by atoms with van der Waals surface area (Å²) in [5.74, 6) is 0.891. The number of methoxy groups -OCH3 is 1. The Morgan fingerprint density at radius 1 is 1.07 bits per heavy atom. The summed E-state index contributed by atoms with van der Waals surface area (Å²) in [7, 11) is 1.59. The second-order valence-corrected chi connectivity index (χ2v) is 7.95. The monoisotopic (exact) mass is 408 g/mol. The highest BCUT2D eigenvalue weighted by atomic mass is 16.5. The number of rotatable bonds is 7. The van der Waals surface area contributed by atoms with Crippen molar-refractivity contribution in [2.75, 3.05) is 13.7 Å². The van der Waals surface area contributed by atoms with Crippen molar-refractivity contribution in [2.45, 2.75) is 50.8 Å². The molecule has 2 amide bonds. The molecule has 6 heteroatoms. The molecule has 1 N–H and O–H groups in total. The summed E-state index contributed by atoms with van der Waals surface area (Å²) in [6.07, 6.45) is 5.15. The van der Waals surface area contributed by atoms with Crippen molar-refractivity contribution in [2.24, 2.45) is 0 Å². The van der Waals surface area contributed by atoms with Gasteiger partial charge in [-0.25, -0.2) is 0 Å². The number of ether oxygens (including phenoxy) is 2. The molecule has 1 saturated heterocycles. The van der Waals surface area contributed by atoms with Crippen LogP contribution in [0.1, 0.15) is 48.0 Å². The van der Waals surface area contributed by atoms with Gasteiger partial charge in [0.25, 0.3) is 5.91 Å². The van der Waals surface area contributed by atoms with E-state index in [-0.39, 0.29) is 17.9 Å². The van der Waals surface area contributed by atoms with E-state index in [0.29, 0.717) is 36.6 Å². The highest BCUT2D eigenvalue weighted by Gasteiger charge is 2.33. The summed E-state index contributed by atoms with van der Waals surface area (Å²) in [5.41, 5.74) is 1.56. The standard InChI is InChI=1S/C24H28N2O4/c1-29-21-12-11-18(15-22(21)30-19-9-5-6-10-19)23(27)25-20-13-14-26(24(20)28)16-17-7-3-2-4-8-17/h2-4,7-8,11-12,15,19-20H,5-6,9-10,13-14,16H2,1H3,(H,25,27). The Hall–Kier alpha value is -3.02. The minimum Gasteiger partial charge on any atom is -0.493 e. The van der Waals surface area contributed by atoms with Crippen LogP contribution in [0.5, 0.6) is 11.5 Å². The van der Waals surface area contributed by atoms with Crippen LogP contribution < -0.4 is 14.8 Å². The van der Waals surface area contributed by atoms with E-state index in [9.17, 15) is 9.59 Å².